The third kappa shape index (κ3) is 4.37. The summed E-state index contributed by atoms with van der Waals surface area (Å²) < 4.78 is 0. The lowest BCUT2D eigenvalue weighted by Crippen LogP contribution is -3.12. The number of carbonyl (C=O) groups is 1. The standard InChI is InChI=1S/C17H24Cl2N2O/c1-3-21(4-2)17(22)14-6-5-9-20(12-14)11-13-7-8-15(18)16(19)10-13/h7-8,10,14H,3-6,9,11-12H2,1-2H3/p+1/t14-/m0/s1. The van der Waals surface area contributed by atoms with E-state index in [1.54, 1.807) is 0 Å². The van der Waals surface area contributed by atoms with Gasteiger partial charge in [0.1, 0.15) is 6.54 Å². The summed E-state index contributed by atoms with van der Waals surface area (Å²) in [6, 6.07) is 5.81. The third-order valence-electron chi connectivity index (χ3n) is 4.48. The Morgan fingerprint density at radius 1 is 1.27 bits per heavy atom. The summed E-state index contributed by atoms with van der Waals surface area (Å²) in [7, 11) is 0. The lowest BCUT2D eigenvalue weighted by Gasteiger charge is -2.32. The Hall–Kier alpha value is -0.770. The van der Waals surface area contributed by atoms with Crippen LogP contribution in [0.25, 0.3) is 0 Å². The van der Waals surface area contributed by atoms with Gasteiger partial charge in [0.25, 0.3) is 0 Å². The van der Waals surface area contributed by atoms with Gasteiger partial charge in [0.15, 0.2) is 0 Å². The predicted molar refractivity (Wildman–Crippen MR) is 91.5 cm³/mol. The Morgan fingerprint density at radius 2 is 2.00 bits per heavy atom. The van der Waals surface area contributed by atoms with Gasteiger partial charge in [-0.1, -0.05) is 29.3 Å². The van der Waals surface area contributed by atoms with Gasteiger partial charge in [-0.15, -0.1) is 0 Å². The van der Waals surface area contributed by atoms with Crippen LogP contribution in [0.15, 0.2) is 18.2 Å². The van der Waals surface area contributed by atoms with Crippen molar-refractivity contribution in [2.45, 2.75) is 33.2 Å². The minimum absolute atomic E-state index is 0.159. The molecule has 1 aliphatic heterocycles. The maximum Gasteiger partial charge on any atom is 0.231 e. The Labute approximate surface area is 143 Å². The highest BCUT2D eigenvalue weighted by Crippen LogP contribution is 2.22. The van der Waals surface area contributed by atoms with Crippen LogP contribution in [0.5, 0.6) is 0 Å². The number of amides is 1. The predicted octanol–water partition coefficient (Wildman–Crippen LogP) is 2.66. The molecule has 2 rings (SSSR count). The van der Waals surface area contributed by atoms with Crippen LogP contribution in [-0.4, -0.2) is 37.0 Å². The molecule has 1 aromatic carbocycles. The van der Waals surface area contributed by atoms with Crippen molar-refractivity contribution in [3.05, 3.63) is 33.8 Å². The van der Waals surface area contributed by atoms with Gasteiger partial charge in [0.05, 0.1) is 29.1 Å². The molecule has 1 unspecified atom stereocenters. The molecule has 1 aliphatic rings. The number of piperidine rings is 1. The van der Waals surface area contributed by atoms with E-state index in [1.807, 2.05) is 36.9 Å². The van der Waals surface area contributed by atoms with Gasteiger partial charge >= 0.3 is 0 Å². The maximum atomic E-state index is 12.5. The highest BCUT2D eigenvalue weighted by atomic mass is 35.5. The van der Waals surface area contributed by atoms with E-state index in [2.05, 4.69) is 0 Å². The molecule has 122 valence electrons. The first-order chi connectivity index (χ1) is 10.5. The topological polar surface area (TPSA) is 24.8 Å². The van der Waals surface area contributed by atoms with Gasteiger partial charge in [-0.25, -0.2) is 0 Å². The zero-order chi connectivity index (χ0) is 16.1. The Balaban J connectivity index is 1.98. The van der Waals surface area contributed by atoms with Crippen molar-refractivity contribution in [2.75, 3.05) is 26.2 Å². The van der Waals surface area contributed by atoms with Gasteiger partial charge in [0, 0.05) is 18.7 Å². The first kappa shape index (κ1) is 17.6. The van der Waals surface area contributed by atoms with Crippen LogP contribution in [0, 0.1) is 5.92 Å². The number of likely N-dealkylation sites (tertiary alicyclic amines) is 1. The zero-order valence-electron chi connectivity index (χ0n) is 13.4. The molecule has 1 amide bonds. The Morgan fingerprint density at radius 3 is 2.64 bits per heavy atom. The van der Waals surface area contributed by atoms with Crippen LogP contribution in [0.3, 0.4) is 0 Å². The average molecular weight is 344 g/mol. The number of carbonyl (C=O) groups excluding carboxylic acids is 1. The zero-order valence-corrected chi connectivity index (χ0v) is 14.9. The lowest BCUT2D eigenvalue weighted by molar-refractivity contribution is -0.921. The van der Waals surface area contributed by atoms with E-state index < -0.39 is 0 Å². The molecule has 0 bridgehead atoms. The summed E-state index contributed by atoms with van der Waals surface area (Å²) in [6.45, 7) is 8.62. The quantitative estimate of drug-likeness (QED) is 0.873. The monoisotopic (exact) mass is 343 g/mol. The van der Waals surface area contributed by atoms with Crippen molar-refractivity contribution in [2.24, 2.45) is 5.92 Å². The molecule has 22 heavy (non-hydrogen) atoms. The van der Waals surface area contributed by atoms with Gasteiger partial charge in [-0.2, -0.15) is 0 Å². The number of halogens is 2. The number of rotatable bonds is 5. The molecule has 2 atom stereocenters. The number of nitrogens with zero attached hydrogens (tertiary/aromatic N) is 1. The summed E-state index contributed by atoms with van der Waals surface area (Å²) in [4.78, 5) is 15.9. The molecule has 0 aromatic heterocycles. The fraction of sp³-hybridized carbons (Fsp3) is 0.588. The SMILES string of the molecule is CCN(CC)C(=O)[C@H]1CCC[NH+](Cc2ccc(Cl)c(Cl)c2)C1. The van der Waals surface area contributed by atoms with E-state index in [0.29, 0.717) is 16.0 Å². The molecule has 3 nitrogen and oxygen atoms in total. The first-order valence-electron chi connectivity index (χ1n) is 8.11. The van der Waals surface area contributed by atoms with Gasteiger partial charge in [-0.05, 0) is 38.8 Å². The minimum atomic E-state index is 0.159. The second-order valence-electron chi connectivity index (χ2n) is 5.98. The molecule has 1 N–H and O–H groups in total. The summed E-state index contributed by atoms with van der Waals surface area (Å²) >= 11 is 12.1. The number of hydrogen-bond acceptors (Lipinski definition) is 1. The summed E-state index contributed by atoms with van der Waals surface area (Å²) in [5, 5.41) is 1.19. The van der Waals surface area contributed by atoms with Crippen LogP contribution in [0.2, 0.25) is 10.0 Å². The first-order valence-corrected chi connectivity index (χ1v) is 8.87. The molecule has 1 heterocycles. The van der Waals surface area contributed by atoms with Crippen molar-refractivity contribution in [3.63, 3.8) is 0 Å². The van der Waals surface area contributed by atoms with Gasteiger partial charge in [0.2, 0.25) is 5.91 Å². The van der Waals surface area contributed by atoms with E-state index >= 15 is 0 Å². The normalized spacial score (nSPS) is 21.6. The van der Waals surface area contributed by atoms with Crippen molar-refractivity contribution < 1.29 is 9.69 Å². The van der Waals surface area contributed by atoms with E-state index in [1.165, 1.54) is 10.5 Å². The fourth-order valence-electron chi connectivity index (χ4n) is 3.25. The third-order valence-corrected chi connectivity index (χ3v) is 5.22. The summed E-state index contributed by atoms with van der Waals surface area (Å²) in [5.74, 6) is 0.475. The molecule has 5 heteroatoms. The van der Waals surface area contributed by atoms with Gasteiger partial charge < -0.3 is 9.80 Å². The van der Waals surface area contributed by atoms with Gasteiger partial charge in [-0.3, -0.25) is 4.79 Å². The molecule has 0 saturated carbocycles. The van der Waals surface area contributed by atoms with E-state index in [9.17, 15) is 4.79 Å². The molecule has 1 saturated heterocycles. The number of nitrogens with one attached hydrogen (secondary N) is 1. The molecule has 1 aromatic rings. The summed E-state index contributed by atoms with van der Waals surface area (Å²) in [5.41, 5.74) is 1.18. The lowest BCUT2D eigenvalue weighted by atomic mass is 9.96. The minimum Gasteiger partial charge on any atom is -0.343 e. The number of hydrogen-bond donors (Lipinski definition) is 1. The van der Waals surface area contributed by atoms with E-state index in [4.69, 9.17) is 23.2 Å². The van der Waals surface area contributed by atoms with Crippen LogP contribution in [-0.2, 0) is 11.3 Å². The van der Waals surface area contributed by atoms with Crippen LogP contribution < -0.4 is 4.90 Å². The highest BCUT2D eigenvalue weighted by molar-refractivity contribution is 6.42. The Kier molecular flexibility index (Phi) is 6.54. The number of benzene rings is 1. The second-order valence-corrected chi connectivity index (χ2v) is 6.79. The van der Waals surface area contributed by atoms with Crippen molar-refractivity contribution in [1.29, 1.82) is 0 Å². The number of quaternary nitrogens is 1. The molecular weight excluding hydrogens is 319 g/mol. The fourth-order valence-corrected chi connectivity index (χ4v) is 3.57. The van der Waals surface area contributed by atoms with Crippen LogP contribution in [0.4, 0.5) is 0 Å². The molecule has 0 radical (unpaired) electrons. The van der Waals surface area contributed by atoms with E-state index in [-0.39, 0.29) is 5.92 Å². The van der Waals surface area contributed by atoms with E-state index in [0.717, 1.165) is 45.6 Å². The molecular formula is C17H25Cl2N2O+. The van der Waals surface area contributed by atoms with Crippen molar-refractivity contribution in [1.82, 2.24) is 4.90 Å². The average Bonchev–Trinajstić information content (AvgIpc) is 2.52. The highest BCUT2D eigenvalue weighted by Gasteiger charge is 2.30. The maximum absolute atomic E-state index is 12.5. The molecule has 1 fully saturated rings. The second kappa shape index (κ2) is 8.19. The molecule has 0 aliphatic carbocycles. The van der Waals surface area contributed by atoms with Crippen molar-refractivity contribution in [3.8, 4) is 0 Å². The Bertz CT molecular complexity index is 517. The molecule has 0 spiro atoms. The van der Waals surface area contributed by atoms with Crippen LogP contribution >= 0.6 is 23.2 Å². The summed E-state index contributed by atoms with van der Waals surface area (Å²) in [6.07, 6.45) is 2.12. The van der Waals surface area contributed by atoms with Crippen LogP contribution in [0.1, 0.15) is 32.3 Å². The smallest absolute Gasteiger partial charge is 0.231 e. The largest absolute Gasteiger partial charge is 0.343 e. The van der Waals surface area contributed by atoms with Crippen molar-refractivity contribution >= 4 is 29.1 Å².